The highest BCUT2D eigenvalue weighted by Crippen LogP contribution is 2.10. The molecule has 1 heterocycles. The molecule has 14 heavy (non-hydrogen) atoms. The molecule has 1 aliphatic heterocycles. The molecule has 0 amide bonds. The Morgan fingerprint density at radius 2 is 1.93 bits per heavy atom. The van der Waals surface area contributed by atoms with Crippen LogP contribution in [-0.2, 0) is 4.79 Å². The Balaban J connectivity index is 2.47. The van der Waals surface area contributed by atoms with E-state index in [9.17, 15) is 4.79 Å². The van der Waals surface area contributed by atoms with Gasteiger partial charge in [0.2, 0.25) is 0 Å². The molecule has 1 aliphatic rings. The second-order valence-corrected chi connectivity index (χ2v) is 3.98. The molecular formula is C10H20N2O2. The molecule has 0 aromatic heterocycles. The van der Waals surface area contributed by atoms with Crippen LogP contribution in [0.2, 0.25) is 0 Å². The zero-order valence-electron chi connectivity index (χ0n) is 9.07. The van der Waals surface area contributed by atoms with Gasteiger partial charge < -0.3 is 10.0 Å². The number of nitrogens with zero attached hydrogens (tertiary/aromatic N) is 2. The normalized spacial score (nSPS) is 22.1. The monoisotopic (exact) mass is 200 g/mol. The van der Waals surface area contributed by atoms with Gasteiger partial charge in [-0.1, -0.05) is 13.3 Å². The Morgan fingerprint density at radius 1 is 1.36 bits per heavy atom. The van der Waals surface area contributed by atoms with E-state index in [-0.39, 0.29) is 6.04 Å². The molecule has 0 aliphatic carbocycles. The summed E-state index contributed by atoms with van der Waals surface area (Å²) >= 11 is 0. The Labute approximate surface area is 85.5 Å². The molecule has 1 fully saturated rings. The van der Waals surface area contributed by atoms with Crippen LogP contribution in [0.4, 0.5) is 0 Å². The van der Waals surface area contributed by atoms with E-state index >= 15 is 0 Å². The summed E-state index contributed by atoms with van der Waals surface area (Å²) in [5, 5.41) is 9.07. The lowest BCUT2D eigenvalue weighted by Gasteiger charge is -2.35. The third-order valence-electron chi connectivity index (χ3n) is 2.83. The molecule has 1 rings (SSSR count). The zero-order valence-corrected chi connectivity index (χ0v) is 9.07. The van der Waals surface area contributed by atoms with Crippen molar-refractivity contribution in [1.82, 2.24) is 9.80 Å². The molecule has 1 N–H and O–H groups in total. The molecule has 0 bridgehead atoms. The molecule has 4 nitrogen and oxygen atoms in total. The SMILES string of the molecule is CCCC(C(=O)O)N1CCN(C)CC1. The van der Waals surface area contributed by atoms with Crippen molar-refractivity contribution in [2.24, 2.45) is 0 Å². The summed E-state index contributed by atoms with van der Waals surface area (Å²) in [6.45, 7) is 5.76. The van der Waals surface area contributed by atoms with Gasteiger partial charge in [0, 0.05) is 26.2 Å². The van der Waals surface area contributed by atoms with Gasteiger partial charge in [0.1, 0.15) is 6.04 Å². The summed E-state index contributed by atoms with van der Waals surface area (Å²) in [5.74, 6) is -0.670. The second-order valence-electron chi connectivity index (χ2n) is 3.98. The van der Waals surface area contributed by atoms with Gasteiger partial charge in [-0.2, -0.15) is 0 Å². The van der Waals surface area contributed by atoms with E-state index in [2.05, 4.69) is 16.8 Å². The minimum Gasteiger partial charge on any atom is -0.480 e. The number of piperazine rings is 1. The first-order chi connectivity index (χ1) is 6.65. The van der Waals surface area contributed by atoms with Crippen molar-refractivity contribution in [3.8, 4) is 0 Å². The molecule has 1 atom stereocenters. The zero-order chi connectivity index (χ0) is 10.6. The molecule has 0 aromatic carbocycles. The highest BCUT2D eigenvalue weighted by atomic mass is 16.4. The van der Waals surface area contributed by atoms with E-state index in [1.165, 1.54) is 0 Å². The maximum atomic E-state index is 11.0. The number of carboxylic acid groups (broad SMARTS) is 1. The smallest absolute Gasteiger partial charge is 0.320 e. The number of likely N-dealkylation sites (N-methyl/N-ethyl adjacent to an activating group) is 1. The quantitative estimate of drug-likeness (QED) is 0.717. The lowest BCUT2D eigenvalue weighted by atomic mass is 10.1. The average Bonchev–Trinajstić information content (AvgIpc) is 2.15. The minimum absolute atomic E-state index is 0.270. The van der Waals surface area contributed by atoms with Crippen LogP contribution in [0.1, 0.15) is 19.8 Å². The summed E-state index contributed by atoms with van der Waals surface area (Å²) in [4.78, 5) is 15.3. The largest absolute Gasteiger partial charge is 0.480 e. The van der Waals surface area contributed by atoms with Gasteiger partial charge in [-0.15, -0.1) is 0 Å². The molecule has 0 saturated carbocycles. The van der Waals surface area contributed by atoms with Crippen LogP contribution >= 0.6 is 0 Å². The number of aliphatic carboxylic acids is 1. The fraction of sp³-hybridized carbons (Fsp3) is 0.900. The third-order valence-corrected chi connectivity index (χ3v) is 2.83. The summed E-state index contributed by atoms with van der Waals surface area (Å²) < 4.78 is 0. The summed E-state index contributed by atoms with van der Waals surface area (Å²) in [5.41, 5.74) is 0. The van der Waals surface area contributed by atoms with Gasteiger partial charge >= 0.3 is 5.97 Å². The predicted molar refractivity (Wildman–Crippen MR) is 55.4 cm³/mol. The molecule has 82 valence electrons. The minimum atomic E-state index is -0.670. The van der Waals surface area contributed by atoms with Gasteiger partial charge in [-0.25, -0.2) is 0 Å². The fourth-order valence-electron chi connectivity index (χ4n) is 1.87. The van der Waals surface area contributed by atoms with Crippen molar-refractivity contribution in [2.45, 2.75) is 25.8 Å². The van der Waals surface area contributed by atoms with E-state index in [0.29, 0.717) is 0 Å². The van der Waals surface area contributed by atoms with Crippen molar-refractivity contribution in [3.63, 3.8) is 0 Å². The topological polar surface area (TPSA) is 43.8 Å². The molecule has 4 heteroatoms. The van der Waals surface area contributed by atoms with Crippen molar-refractivity contribution in [1.29, 1.82) is 0 Å². The first-order valence-electron chi connectivity index (χ1n) is 5.30. The Morgan fingerprint density at radius 3 is 2.36 bits per heavy atom. The lowest BCUT2D eigenvalue weighted by Crippen LogP contribution is -2.51. The Kier molecular flexibility index (Phi) is 4.35. The molecule has 0 aromatic rings. The highest BCUT2D eigenvalue weighted by Gasteiger charge is 2.26. The second kappa shape index (κ2) is 5.32. The maximum absolute atomic E-state index is 11.0. The molecule has 1 unspecified atom stereocenters. The predicted octanol–water partition coefficient (Wildman–Crippen LogP) is 0.487. The van der Waals surface area contributed by atoms with Crippen molar-refractivity contribution >= 4 is 5.97 Å². The number of carbonyl (C=O) groups is 1. The molecule has 1 saturated heterocycles. The summed E-state index contributed by atoms with van der Waals surface area (Å²) in [7, 11) is 2.08. The number of rotatable bonds is 4. The van der Waals surface area contributed by atoms with Crippen molar-refractivity contribution < 1.29 is 9.90 Å². The van der Waals surface area contributed by atoms with Crippen LogP contribution in [0.5, 0.6) is 0 Å². The first kappa shape index (κ1) is 11.5. The van der Waals surface area contributed by atoms with Crippen LogP contribution in [0.25, 0.3) is 0 Å². The Bertz CT molecular complexity index is 189. The van der Waals surface area contributed by atoms with Gasteiger partial charge in [-0.3, -0.25) is 9.69 Å². The molecular weight excluding hydrogens is 180 g/mol. The molecule has 0 radical (unpaired) electrons. The van der Waals surface area contributed by atoms with Crippen LogP contribution in [0.15, 0.2) is 0 Å². The van der Waals surface area contributed by atoms with Gasteiger partial charge in [0.05, 0.1) is 0 Å². The van der Waals surface area contributed by atoms with Crippen LogP contribution in [0.3, 0.4) is 0 Å². The van der Waals surface area contributed by atoms with Crippen LogP contribution in [0, 0.1) is 0 Å². The van der Waals surface area contributed by atoms with E-state index in [1.54, 1.807) is 0 Å². The van der Waals surface area contributed by atoms with Crippen LogP contribution in [-0.4, -0.2) is 60.1 Å². The van der Waals surface area contributed by atoms with E-state index in [4.69, 9.17) is 5.11 Å². The Hall–Kier alpha value is -0.610. The first-order valence-corrected chi connectivity index (χ1v) is 5.30. The van der Waals surface area contributed by atoms with Crippen molar-refractivity contribution in [2.75, 3.05) is 33.2 Å². The number of hydrogen-bond donors (Lipinski definition) is 1. The van der Waals surface area contributed by atoms with Gasteiger partial charge in [0.25, 0.3) is 0 Å². The maximum Gasteiger partial charge on any atom is 0.320 e. The van der Waals surface area contributed by atoms with E-state index in [1.807, 2.05) is 6.92 Å². The van der Waals surface area contributed by atoms with Crippen molar-refractivity contribution in [3.05, 3.63) is 0 Å². The summed E-state index contributed by atoms with van der Waals surface area (Å²) in [6.07, 6.45) is 1.70. The standard InChI is InChI=1S/C10H20N2O2/c1-3-4-9(10(13)14)12-7-5-11(2)6-8-12/h9H,3-8H2,1-2H3,(H,13,14). The summed E-state index contributed by atoms with van der Waals surface area (Å²) in [6, 6.07) is -0.270. The lowest BCUT2D eigenvalue weighted by molar-refractivity contribution is -0.144. The molecule has 0 spiro atoms. The van der Waals surface area contributed by atoms with Gasteiger partial charge in [-0.05, 0) is 13.5 Å². The number of carboxylic acids is 1. The highest BCUT2D eigenvalue weighted by molar-refractivity contribution is 5.73. The average molecular weight is 200 g/mol. The fourth-order valence-corrected chi connectivity index (χ4v) is 1.87. The number of hydrogen-bond acceptors (Lipinski definition) is 3. The third kappa shape index (κ3) is 2.96. The van der Waals surface area contributed by atoms with E-state index in [0.717, 1.165) is 39.0 Å². The van der Waals surface area contributed by atoms with E-state index < -0.39 is 5.97 Å². The van der Waals surface area contributed by atoms with Crippen LogP contribution < -0.4 is 0 Å². The van der Waals surface area contributed by atoms with Gasteiger partial charge in [0.15, 0.2) is 0 Å².